The molecule has 0 radical (unpaired) electrons. The summed E-state index contributed by atoms with van der Waals surface area (Å²) in [7, 11) is 1.74. The van der Waals surface area contributed by atoms with Crippen molar-refractivity contribution in [2.75, 3.05) is 7.05 Å². The Morgan fingerprint density at radius 3 is 2.79 bits per heavy atom. The molecule has 0 saturated heterocycles. The molecular formula is C14H17F2N3. The minimum Gasteiger partial charge on any atom is -0.313 e. The van der Waals surface area contributed by atoms with E-state index in [1.54, 1.807) is 13.2 Å². The van der Waals surface area contributed by atoms with Crippen LogP contribution in [-0.2, 0) is 13.0 Å². The van der Waals surface area contributed by atoms with Gasteiger partial charge in [-0.05, 0) is 44.2 Å². The van der Waals surface area contributed by atoms with Gasteiger partial charge in [0.15, 0.2) is 0 Å². The van der Waals surface area contributed by atoms with Gasteiger partial charge in [-0.3, -0.25) is 4.68 Å². The van der Waals surface area contributed by atoms with Gasteiger partial charge in [-0.25, -0.2) is 8.78 Å². The Balaban J connectivity index is 2.22. The van der Waals surface area contributed by atoms with Crippen molar-refractivity contribution in [1.82, 2.24) is 15.1 Å². The zero-order chi connectivity index (χ0) is 13.8. The minimum atomic E-state index is -0.430. The van der Waals surface area contributed by atoms with Crippen molar-refractivity contribution < 1.29 is 8.78 Å². The van der Waals surface area contributed by atoms with E-state index in [0.29, 0.717) is 12.0 Å². The van der Waals surface area contributed by atoms with E-state index in [-0.39, 0.29) is 6.04 Å². The fourth-order valence-corrected chi connectivity index (χ4v) is 2.07. The molecule has 0 aliphatic carbocycles. The van der Waals surface area contributed by atoms with Crippen LogP contribution in [0, 0.1) is 11.6 Å². The molecule has 0 amide bonds. The molecule has 1 aromatic heterocycles. The third-order valence-corrected chi connectivity index (χ3v) is 3.13. The molecular weight excluding hydrogens is 248 g/mol. The minimum absolute atomic E-state index is 0.273. The van der Waals surface area contributed by atoms with Crippen molar-refractivity contribution in [2.24, 2.45) is 0 Å². The number of likely N-dealkylation sites (N-methyl/N-ethyl adjacent to an activating group) is 1. The predicted molar refractivity (Wildman–Crippen MR) is 69.8 cm³/mol. The van der Waals surface area contributed by atoms with Crippen LogP contribution in [0.4, 0.5) is 8.78 Å². The number of benzene rings is 1. The summed E-state index contributed by atoms with van der Waals surface area (Å²) in [4.78, 5) is 0. The maximum Gasteiger partial charge on any atom is 0.128 e. The van der Waals surface area contributed by atoms with E-state index in [2.05, 4.69) is 10.4 Å². The predicted octanol–water partition coefficient (Wildman–Crippen LogP) is 2.68. The van der Waals surface area contributed by atoms with E-state index in [1.807, 2.05) is 17.8 Å². The van der Waals surface area contributed by atoms with Crippen LogP contribution >= 0.6 is 0 Å². The number of nitrogens with one attached hydrogen (secondary N) is 1. The van der Waals surface area contributed by atoms with Crippen molar-refractivity contribution in [2.45, 2.75) is 25.9 Å². The summed E-state index contributed by atoms with van der Waals surface area (Å²) < 4.78 is 28.8. The first-order valence-electron chi connectivity index (χ1n) is 6.27. The molecule has 0 fully saturated rings. The molecule has 1 atom stereocenters. The van der Waals surface area contributed by atoms with Crippen LogP contribution in [0.15, 0.2) is 30.6 Å². The number of hydrogen-bond donors (Lipinski definition) is 1. The van der Waals surface area contributed by atoms with E-state index < -0.39 is 11.6 Å². The second-order valence-electron chi connectivity index (χ2n) is 4.42. The van der Waals surface area contributed by atoms with E-state index in [1.165, 1.54) is 6.07 Å². The molecule has 0 saturated carbocycles. The van der Waals surface area contributed by atoms with E-state index in [9.17, 15) is 8.78 Å². The van der Waals surface area contributed by atoms with Gasteiger partial charge in [-0.15, -0.1) is 0 Å². The Bertz CT molecular complexity index is 551. The average Bonchev–Trinajstić information content (AvgIpc) is 2.87. The molecule has 2 rings (SSSR count). The van der Waals surface area contributed by atoms with Gasteiger partial charge in [0.25, 0.3) is 0 Å². The van der Waals surface area contributed by atoms with Crippen LogP contribution in [0.5, 0.6) is 0 Å². The van der Waals surface area contributed by atoms with Crippen LogP contribution < -0.4 is 5.32 Å². The molecule has 0 bridgehead atoms. The Kier molecular flexibility index (Phi) is 4.27. The van der Waals surface area contributed by atoms with E-state index in [0.717, 1.165) is 24.2 Å². The first-order valence-corrected chi connectivity index (χ1v) is 6.27. The van der Waals surface area contributed by atoms with Gasteiger partial charge in [0.2, 0.25) is 0 Å². The lowest BCUT2D eigenvalue weighted by atomic mass is 10.0. The van der Waals surface area contributed by atoms with Gasteiger partial charge in [-0.1, -0.05) is 0 Å². The zero-order valence-corrected chi connectivity index (χ0v) is 11.0. The van der Waals surface area contributed by atoms with Crippen LogP contribution in [-0.4, -0.2) is 16.8 Å². The highest BCUT2D eigenvalue weighted by molar-refractivity contribution is 5.24. The summed E-state index contributed by atoms with van der Waals surface area (Å²) in [6.07, 6.45) is 4.24. The van der Waals surface area contributed by atoms with Gasteiger partial charge in [-0.2, -0.15) is 5.10 Å². The maximum atomic E-state index is 13.8. The summed E-state index contributed by atoms with van der Waals surface area (Å²) in [5.41, 5.74) is 1.33. The van der Waals surface area contributed by atoms with Gasteiger partial charge in [0.1, 0.15) is 11.6 Å². The van der Waals surface area contributed by atoms with Crippen LogP contribution in [0.2, 0.25) is 0 Å². The fourth-order valence-electron chi connectivity index (χ4n) is 2.07. The molecule has 1 N–H and O–H groups in total. The van der Waals surface area contributed by atoms with Gasteiger partial charge in [0, 0.05) is 24.3 Å². The Hall–Kier alpha value is -1.75. The largest absolute Gasteiger partial charge is 0.313 e. The molecule has 2 aromatic rings. The molecule has 1 heterocycles. The van der Waals surface area contributed by atoms with Gasteiger partial charge in [0.05, 0.1) is 6.20 Å². The lowest BCUT2D eigenvalue weighted by Gasteiger charge is -2.16. The molecule has 1 unspecified atom stereocenters. The molecule has 3 nitrogen and oxygen atoms in total. The Labute approximate surface area is 111 Å². The normalized spacial score (nSPS) is 12.6. The monoisotopic (exact) mass is 265 g/mol. The SMILES string of the molecule is CCn1cc(CC(NC)c2cc(F)ccc2F)cn1. The fraction of sp³-hybridized carbons (Fsp3) is 0.357. The number of hydrogen-bond acceptors (Lipinski definition) is 2. The highest BCUT2D eigenvalue weighted by atomic mass is 19.1. The van der Waals surface area contributed by atoms with Gasteiger partial charge < -0.3 is 5.32 Å². The third kappa shape index (κ3) is 3.17. The first kappa shape index (κ1) is 13.7. The number of nitrogens with zero attached hydrogens (tertiary/aromatic N) is 2. The Morgan fingerprint density at radius 2 is 2.16 bits per heavy atom. The molecule has 5 heteroatoms. The van der Waals surface area contributed by atoms with E-state index >= 15 is 0 Å². The second kappa shape index (κ2) is 5.93. The third-order valence-electron chi connectivity index (χ3n) is 3.13. The number of rotatable bonds is 5. The maximum absolute atomic E-state index is 13.8. The molecule has 102 valence electrons. The van der Waals surface area contributed by atoms with Crippen molar-refractivity contribution in [3.8, 4) is 0 Å². The number of aryl methyl sites for hydroxylation is 1. The highest BCUT2D eigenvalue weighted by Gasteiger charge is 2.16. The van der Waals surface area contributed by atoms with Crippen LogP contribution in [0.3, 0.4) is 0 Å². The Morgan fingerprint density at radius 1 is 1.37 bits per heavy atom. The van der Waals surface area contributed by atoms with Crippen molar-refractivity contribution in [3.63, 3.8) is 0 Å². The lowest BCUT2D eigenvalue weighted by molar-refractivity contribution is 0.522. The van der Waals surface area contributed by atoms with Crippen molar-refractivity contribution in [3.05, 3.63) is 53.4 Å². The molecule has 19 heavy (non-hydrogen) atoms. The highest BCUT2D eigenvalue weighted by Crippen LogP contribution is 2.21. The molecule has 0 aliphatic heterocycles. The summed E-state index contributed by atoms with van der Waals surface area (Å²) in [6.45, 7) is 2.79. The van der Waals surface area contributed by atoms with Gasteiger partial charge >= 0.3 is 0 Å². The van der Waals surface area contributed by atoms with E-state index in [4.69, 9.17) is 0 Å². The smallest absolute Gasteiger partial charge is 0.128 e. The molecule has 0 spiro atoms. The summed E-state index contributed by atoms with van der Waals surface area (Å²) in [5.74, 6) is -0.829. The van der Waals surface area contributed by atoms with Crippen LogP contribution in [0.25, 0.3) is 0 Å². The summed E-state index contributed by atoms with van der Waals surface area (Å²) in [6, 6.07) is 3.25. The summed E-state index contributed by atoms with van der Waals surface area (Å²) >= 11 is 0. The van der Waals surface area contributed by atoms with Crippen LogP contribution in [0.1, 0.15) is 24.1 Å². The standard InChI is InChI=1S/C14H17F2N3/c1-3-19-9-10(8-18-19)6-14(17-2)12-7-11(15)4-5-13(12)16/h4-5,7-9,14,17H,3,6H2,1-2H3. The first-order chi connectivity index (χ1) is 9.13. The number of halogens is 2. The van der Waals surface area contributed by atoms with Crippen molar-refractivity contribution in [1.29, 1.82) is 0 Å². The molecule has 1 aromatic carbocycles. The number of aromatic nitrogens is 2. The van der Waals surface area contributed by atoms with Crippen molar-refractivity contribution >= 4 is 0 Å². The zero-order valence-electron chi connectivity index (χ0n) is 11.0. The average molecular weight is 265 g/mol. The molecule has 0 aliphatic rings. The quantitative estimate of drug-likeness (QED) is 0.900. The summed E-state index contributed by atoms with van der Waals surface area (Å²) in [5, 5.41) is 7.20. The second-order valence-corrected chi connectivity index (χ2v) is 4.42. The topological polar surface area (TPSA) is 29.9 Å². The lowest BCUT2D eigenvalue weighted by Crippen LogP contribution is -2.20.